The van der Waals surface area contributed by atoms with Crippen LogP contribution in [0.25, 0.3) is 0 Å². The molecule has 0 amide bonds. The zero-order chi connectivity index (χ0) is 11.7. The fraction of sp³-hybridized carbons (Fsp3) is 0.778. The molecular formula is C9H17NO5. The standard InChI is InChI=1S/C7H15NO.C2H2O4/c1-8-6-7-4-2-3-5-9-7;3-1(4)2(5)6/h7-8H,2-6H2,1H3;(H,3,4)(H,5,6). The molecule has 0 bridgehead atoms. The van der Waals surface area contributed by atoms with E-state index in [1.54, 1.807) is 0 Å². The molecule has 0 aliphatic carbocycles. The van der Waals surface area contributed by atoms with E-state index in [0.29, 0.717) is 6.10 Å². The van der Waals surface area contributed by atoms with Crippen molar-refractivity contribution in [2.24, 2.45) is 0 Å². The van der Waals surface area contributed by atoms with E-state index in [-0.39, 0.29) is 0 Å². The van der Waals surface area contributed by atoms with Crippen LogP contribution in [-0.2, 0) is 14.3 Å². The first-order valence-corrected chi connectivity index (χ1v) is 4.80. The van der Waals surface area contributed by atoms with Crippen LogP contribution in [0.4, 0.5) is 0 Å². The van der Waals surface area contributed by atoms with Crippen molar-refractivity contribution in [3.63, 3.8) is 0 Å². The minimum atomic E-state index is -1.82. The molecule has 1 heterocycles. The summed E-state index contributed by atoms with van der Waals surface area (Å²) in [7, 11) is 1.97. The van der Waals surface area contributed by atoms with Crippen molar-refractivity contribution in [1.82, 2.24) is 5.32 Å². The Kier molecular flexibility index (Phi) is 7.57. The Morgan fingerprint density at radius 3 is 2.27 bits per heavy atom. The van der Waals surface area contributed by atoms with E-state index in [0.717, 1.165) is 13.2 Å². The molecule has 15 heavy (non-hydrogen) atoms. The van der Waals surface area contributed by atoms with Gasteiger partial charge < -0.3 is 20.3 Å². The summed E-state index contributed by atoms with van der Waals surface area (Å²) in [5, 5.41) is 17.9. The Balaban J connectivity index is 0.000000288. The van der Waals surface area contributed by atoms with Gasteiger partial charge in [0.2, 0.25) is 0 Å². The normalized spacial score (nSPS) is 19.9. The molecule has 88 valence electrons. The molecule has 1 saturated heterocycles. The van der Waals surface area contributed by atoms with Crippen molar-refractivity contribution in [2.45, 2.75) is 25.4 Å². The Labute approximate surface area is 88.2 Å². The van der Waals surface area contributed by atoms with Crippen LogP contribution >= 0.6 is 0 Å². The third-order valence-electron chi connectivity index (χ3n) is 1.89. The second kappa shape index (κ2) is 8.19. The highest BCUT2D eigenvalue weighted by molar-refractivity contribution is 6.27. The molecular weight excluding hydrogens is 202 g/mol. The molecule has 0 radical (unpaired) electrons. The van der Waals surface area contributed by atoms with Crippen LogP contribution in [0, 0.1) is 0 Å². The number of hydrogen-bond acceptors (Lipinski definition) is 4. The fourth-order valence-corrected chi connectivity index (χ4v) is 1.20. The van der Waals surface area contributed by atoms with Gasteiger partial charge in [0.1, 0.15) is 0 Å². The lowest BCUT2D eigenvalue weighted by molar-refractivity contribution is -0.159. The molecule has 6 nitrogen and oxygen atoms in total. The highest BCUT2D eigenvalue weighted by atomic mass is 16.5. The fourth-order valence-electron chi connectivity index (χ4n) is 1.20. The van der Waals surface area contributed by atoms with E-state index in [4.69, 9.17) is 24.5 Å². The smallest absolute Gasteiger partial charge is 0.414 e. The predicted molar refractivity (Wildman–Crippen MR) is 52.8 cm³/mol. The van der Waals surface area contributed by atoms with Crippen molar-refractivity contribution in [1.29, 1.82) is 0 Å². The van der Waals surface area contributed by atoms with E-state index < -0.39 is 11.9 Å². The van der Waals surface area contributed by atoms with Gasteiger partial charge in [0.15, 0.2) is 0 Å². The molecule has 0 aromatic rings. The molecule has 0 spiro atoms. The third-order valence-corrected chi connectivity index (χ3v) is 1.89. The second-order valence-electron chi connectivity index (χ2n) is 3.16. The van der Waals surface area contributed by atoms with Crippen LogP contribution in [0.15, 0.2) is 0 Å². The van der Waals surface area contributed by atoms with Crippen molar-refractivity contribution < 1.29 is 24.5 Å². The minimum Gasteiger partial charge on any atom is -0.473 e. The Morgan fingerprint density at radius 1 is 1.33 bits per heavy atom. The highest BCUT2D eigenvalue weighted by Crippen LogP contribution is 2.10. The van der Waals surface area contributed by atoms with Crippen molar-refractivity contribution in [2.75, 3.05) is 20.2 Å². The van der Waals surface area contributed by atoms with Crippen molar-refractivity contribution in [3.8, 4) is 0 Å². The van der Waals surface area contributed by atoms with E-state index in [9.17, 15) is 0 Å². The quantitative estimate of drug-likeness (QED) is 0.563. The maximum atomic E-state index is 9.10. The van der Waals surface area contributed by atoms with Gasteiger partial charge in [0.05, 0.1) is 6.10 Å². The maximum Gasteiger partial charge on any atom is 0.414 e. The molecule has 1 atom stereocenters. The van der Waals surface area contributed by atoms with E-state index in [1.807, 2.05) is 7.05 Å². The number of aliphatic carboxylic acids is 2. The number of carboxylic acid groups (broad SMARTS) is 2. The average molecular weight is 219 g/mol. The first-order chi connectivity index (χ1) is 7.07. The summed E-state index contributed by atoms with van der Waals surface area (Å²) in [5.41, 5.74) is 0. The van der Waals surface area contributed by atoms with Crippen molar-refractivity contribution in [3.05, 3.63) is 0 Å². The Bertz CT molecular complexity index is 186. The molecule has 1 aliphatic rings. The molecule has 6 heteroatoms. The maximum absolute atomic E-state index is 9.10. The zero-order valence-electron chi connectivity index (χ0n) is 8.73. The summed E-state index contributed by atoms with van der Waals surface area (Å²) < 4.78 is 5.46. The monoisotopic (exact) mass is 219 g/mol. The summed E-state index contributed by atoms with van der Waals surface area (Å²) in [6.07, 6.45) is 4.32. The number of hydrogen-bond donors (Lipinski definition) is 3. The number of nitrogens with one attached hydrogen (secondary N) is 1. The first-order valence-electron chi connectivity index (χ1n) is 4.80. The molecule has 1 fully saturated rings. The van der Waals surface area contributed by atoms with Crippen LogP contribution in [0.1, 0.15) is 19.3 Å². The summed E-state index contributed by atoms with van der Waals surface area (Å²) in [6.45, 7) is 1.98. The number of ether oxygens (including phenoxy) is 1. The number of carboxylic acids is 2. The topological polar surface area (TPSA) is 95.9 Å². The van der Waals surface area contributed by atoms with E-state index >= 15 is 0 Å². The van der Waals surface area contributed by atoms with Gasteiger partial charge >= 0.3 is 11.9 Å². The molecule has 3 N–H and O–H groups in total. The van der Waals surface area contributed by atoms with E-state index in [2.05, 4.69) is 5.32 Å². The minimum absolute atomic E-state index is 0.490. The van der Waals surface area contributed by atoms with Crippen LogP contribution in [-0.4, -0.2) is 48.5 Å². The lowest BCUT2D eigenvalue weighted by Gasteiger charge is -2.21. The van der Waals surface area contributed by atoms with Crippen LogP contribution in [0.5, 0.6) is 0 Å². The van der Waals surface area contributed by atoms with Crippen LogP contribution < -0.4 is 5.32 Å². The van der Waals surface area contributed by atoms with Gasteiger partial charge in [0, 0.05) is 13.2 Å². The van der Waals surface area contributed by atoms with Gasteiger partial charge in [-0.3, -0.25) is 0 Å². The van der Waals surface area contributed by atoms with Gasteiger partial charge in [-0.15, -0.1) is 0 Å². The number of carbonyl (C=O) groups is 2. The first kappa shape index (κ1) is 13.9. The SMILES string of the molecule is CNCC1CCCCO1.O=C(O)C(=O)O. The number of rotatable bonds is 2. The second-order valence-corrected chi connectivity index (χ2v) is 3.16. The molecule has 0 aromatic carbocycles. The van der Waals surface area contributed by atoms with Gasteiger partial charge in [-0.05, 0) is 26.3 Å². The largest absolute Gasteiger partial charge is 0.473 e. The van der Waals surface area contributed by atoms with Gasteiger partial charge in [0.25, 0.3) is 0 Å². The zero-order valence-corrected chi connectivity index (χ0v) is 8.73. The predicted octanol–water partition coefficient (Wildman–Crippen LogP) is -0.0695. The van der Waals surface area contributed by atoms with Gasteiger partial charge in [-0.2, -0.15) is 0 Å². The molecule has 0 saturated carbocycles. The lowest BCUT2D eigenvalue weighted by atomic mass is 10.1. The summed E-state index contributed by atoms with van der Waals surface area (Å²) in [5.74, 6) is -3.65. The lowest BCUT2D eigenvalue weighted by Crippen LogP contribution is -2.29. The Morgan fingerprint density at radius 2 is 1.93 bits per heavy atom. The number of likely N-dealkylation sites (N-methyl/N-ethyl adjacent to an activating group) is 1. The van der Waals surface area contributed by atoms with Crippen LogP contribution in [0.2, 0.25) is 0 Å². The molecule has 1 unspecified atom stereocenters. The molecule has 0 aromatic heterocycles. The van der Waals surface area contributed by atoms with E-state index in [1.165, 1.54) is 19.3 Å². The molecule has 1 aliphatic heterocycles. The summed E-state index contributed by atoms with van der Waals surface area (Å²) in [4.78, 5) is 18.2. The highest BCUT2D eigenvalue weighted by Gasteiger charge is 2.11. The van der Waals surface area contributed by atoms with Gasteiger partial charge in [-0.1, -0.05) is 0 Å². The summed E-state index contributed by atoms with van der Waals surface area (Å²) in [6, 6.07) is 0. The average Bonchev–Trinajstić information content (AvgIpc) is 2.20. The Hall–Kier alpha value is -1.14. The summed E-state index contributed by atoms with van der Waals surface area (Å²) >= 11 is 0. The third kappa shape index (κ3) is 7.90. The van der Waals surface area contributed by atoms with Crippen molar-refractivity contribution >= 4 is 11.9 Å². The van der Waals surface area contributed by atoms with Crippen LogP contribution in [0.3, 0.4) is 0 Å². The molecule has 1 rings (SSSR count). The van der Waals surface area contributed by atoms with Gasteiger partial charge in [-0.25, -0.2) is 9.59 Å².